The SMILES string of the molecule is CC(C)(C)OC(=O)C1(O/N=C(/C(=O)NC2C(=O)N3C(C(=O)OC(c4ccccc4)c4ccccc4)=C(CCl)CS[C@H]23)c2csc(NC(c3ccccc3)(c3ccccc3)c3ccccc3)n2)CCC1. The van der Waals surface area contributed by atoms with Gasteiger partial charge in [0.25, 0.3) is 11.8 Å². The van der Waals surface area contributed by atoms with Crippen LogP contribution in [0.4, 0.5) is 5.13 Å². The number of carbonyl (C=O) groups excluding carboxylic acids is 4. The number of thiazole rings is 1. The van der Waals surface area contributed by atoms with Crippen molar-refractivity contribution in [2.24, 2.45) is 5.16 Å². The van der Waals surface area contributed by atoms with Crippen molar-refractivity contribution in [2.75, 3.05) is 16.9 Å². The van der Waals surface area contributed by atoms with Gasteiger partial charge in [0.05, 0.1) is 0 Å². The van der Waals surface area contributed by atoms with E-state index in [1.54, 1.807) is 26.2 Å². The molecule has 6 aromatic rings. The lowest BCUT2D eigenvalue weighted by Crippen LogP contribution is -2.71. The number of esters is 2. The third kappa shape index (κ3) is 9.66. The second kappa shape index (κ2) is 20.1. The van der Waals surface area contributed by atoms with Gasteiger partial charge in [-0.1, -0.05) is 157 Å². The summed E-state index contributed by atoms with van der Waals surface area (Å²) in [7, 11) is 0. The molecule has 2 fully saturated rings. The van der Waals surface area contributed by atoms with Crippen molar-refractivity contribution in [2.45, 2.75) is 74.3 Å². The monoisotopic (exact) mass is 979 g/mol. The number of halogens is 1. The molecule has 1 aliphatic carbocycles. The molecule has 0 spiro atoms. The van der Waals surface area contributed by atoms with E-state index >= 15 is 0 Å². The van der Waals surface area contributed by atoms with Crippen LogP contribution in [-0.2, 0) is 39.0 Å². The summed E-state index contributed by atoms with van der Waals surface area (Å²) in [6, 6.07) is 47.7. The molecule has 2 N–H and O–H groups in total. The fraction of sp³-hybridized carbons (Fsp3) is 0.259. The summed E-state index contributed by atoms with van der Waals surface area (Å²) in [5, 5.41) is 12.5. The van der Waals surface area contributed by atoms with Crippen molar-refractivity contribution in [3.8, 4) is 0 Å². The van der Waals surface area contributed by atoms with E-state index in [1.807, 2.05) is 152 Å². The first-order chi connectivity index (χ1) is 33.4. The Morgan fingerprint density at radius 1 is 0.812 bits per heavy atom. The average molecular weight is 981 g/mol. The fourth-order valence-corrected chi connectivity index (χ4v) is 11.1. The number of carbonyl (C=O) groups is 4. The Labute approximate surface area is 414 Å². The van der Waals surface area contributed by atoms with Crippen molar-refractivity contribution >= 4 is 69.3 Å². The third-order valence-corrected chi connectivity index (χ3v) is 14.7. The van der Waals surface area contributed by atoms with Crippen molar-refractivity contribution in [3.05, 3.63) is 202 Å². The number of anilines is 1. The van der Waals surface area contributed by atoms with Gasteiger partial charge in [0.1, 0.15) is 33.9 Å². The molecule has 69 heavy (non-hydrogen) atoms. The molecular weight excluding hydrogens is 930 g/mol. The van der Waals surface area contributed by atoms with Crippen molar-refractivity contribution in [1.29, 1.82) is 0 Å². The van der Waals surface area contributed by atoms with Crippen LogP contribution in [-0.4, -0.2) is 73.6 Å². The van der Waals surface area contributed by atoms with Gasteiger partial charge >= 0.3 is 11.9 Å². The Morgan fingerprint density at radius 2 is 1.33 bits per heavy atom. The molecule has 352 valence electrons. The summed E-state index contributed by atoms with van der Waals surface area (Å²) in [5.41, 5.74) is 1.66. The highest BCUT2D eigenvalue weighted by molar-refractivity contribution is 8.00. The smallest absolute Gasteiger partial charge is 0.356 e. The predicted molar refractivity (Wildman–Crippen MR) is 269 cm³/mol. The largest absolute Gasteiger partial charge is 0.457 e. The maximum absolute atomic E-state index is 14.7. The molecule has 3 aliphatic rings. The van der Waals surface area contributed by atoms with E-state index in [0.717, 1.165) is 27.8 Å². The van der Waals surface area contributed by atoms with Crippen LogP contribution in [0.5, 0.6) is 0 Å². The van der Waals surface area contributed by atoms with Crippen LogP contribution in [0.3, 0.4) is 0 Å². The van der Waals surface area contributed by atoms with Crippen LogP contribution in [0.1, 0.15) is 79.6 Å². The number of amides is 2. The number of alkyl halides is 1. The number of nitrogens with zero attached hydrogens (tertiary/aromatic N) is 3. The molecule has 2 amide bonds. The number of hydrogen-bond acceptors (Lipinski definition) is 12. The van der Waals surface area contributed by atoms with Crippen molar-refractivity contribution in [3.63, 3.8) is 0 Å². The lowest BCUT2D eigenvalue weighted by molar-refractivity contribution is -0.196. The number of hydrogen-bond donors (Lipinski definition) is 2. The minimum absolute atomic E-state index is 0.0138. The highest BCUT2D eigenvalue weighted by Crippen LogP contribution is 2.44. The lowest BCUT2D eigenvalue weighted by atomic mass is 9.77. The summed E-state index contributed by atoms with van der Waals surface area (Å²) in [6.07, 6.45) is 0.581. The third-order valence-electron chi connectivity index (χ3n) is 12.2. The van der Waals surface area contributed by atoms with E-state index in [2.05, 4.69) is 15.8 Å². The van der Waals surface area contributed by atoms with Gasteiger partial charge in [-0.2, -0.15) is 0 Å². The van der Waals surface area contributed by atoms with Crippen LogP contribution in [0.15, 0.2) is 173 Å². The zero-order chi connectivity index (χ0) is 48.2. The van der Waals surface area contributed by atoms with E-state index in [0.29, 0.717) is 35.7 Å². The van der Waals surface area contributed by atoms with Crippen LogP contribution >= 0.6 is 34.7 Å². The number of ether oxygens (including phenoxy) is 2. The highest BCUT2D eigenvalue weighted by atomic mass is 35.5. The molecular formula is C54H50ClN5O7S2. The second-order valence-corrected chi connectivity index (χ2v) is 20.2. The summed E-state index contributed by atoms with van der Waals surface area (Å²) in [5.74, 6) is -2.31. The van der Waals surface area contributed by atoms with Crippen molar-refractivity contribution in [1.82, 2.24) is 15.2 Å². The molecule has 2 atom stereocenters. The molecule has 1 unspecified atom stereocenters. The van der Waals surface area contributed by atoms with Gasteiger partial charge in [-0.3, -0.25) is 14.5 Å². The van der Waals surface area contributed by atoms with Crippen LogP contribution in [0, 0.1) is 0 Å². The molecule has 3 heterocycles. The van der Waals surface area contributed by atoms with Crippen LogP contribution in [0.25, 0.3) is 0 Å². The molecule has 1 saturated carbocycles. The first-order valence-corrected chi connectivity index (χ1v) is 25.1. The van der Waals surface area contributed by atoms with Gasteiger partial charge in [-0.05, 0) is 60.6 Å². The van der Waals surface area contributed by atoms with Gasteiger partial charge in [0.15, 0.2) is 16.9 Å². The molecule has 9 rings (SSSR count). The summed E-state index contributed by atoms with van der Waals surface area (Å²) < 4.78 is 12.0. The molecule has 1 saturated heterocycles. The molecule has 2 aliphatic heterocycles. The minimum Gasteiger partial charge on any atom is -0.457 e. The van der Waals surface area contributed by atoms with E-state index in [9.17, 15) is 19.2 Å². The Bertz CT molecular complexity index is 2740. The molecule has 5 aromatic carbocycles. The number of thioether (sulfide) groups is 1. The maximum Gasteiger partial charge on any atom is 0.356 e. The quantitative estimate of drug-likeness (QED) is 0.0240. The van der Waals surface area contributed by atoms with Gasteiger partial charge in [-0.25, -0.2) is 14.6 Å². The molecule has 0 bridgehead atoms. The number of rotatable bonds is 16. The fourth-order valence-electron chi connectivity index (χ4n) is 8.65. The van der Waals surface area contributed by atoms with Crippen molar-refractivity contribution < 1.29 is 33.5 Å². The molecule has 12 nitrogen and oxygen atoms in total. The second-order valence-electron chi connectivity index (χ2n) is 17.9. The molecule has 15 heteroatoms. The first kappa shape index (κ1) is 47.3. The number of benzene rings is 5. The van der Waals surface area contributed by atoms with E-state index in [-0.39, 0.29) is 23.0 Å². The Kier molecular flexibility index (Phi) is 13.8. The van der Waals surface area contributed by atoms with E-state index < -0.39 is 58.0 Å². The zero-order valence-corrected chi connectivity index (χ0v) is 40.6. The van der Waals surface area contributed by atoms with Gasteiger partial charge in [0.2, 0.25) is 5.60 Å². The van der Waals surface area contributed by atoms with E-state index in [1.165, 1.54) is 28.0 Å². The molecule has 0 radical (unpaired) electrons. The summed E-state index contributed by atoms with van der Waals surface area (Å²) in [6.45, 7) is 5.31. The average Bonchev–Trinajstić information content (AvgIpc) is 3.82. The number of aromatic nitrogens is 1. The highest BCUT2D eigenvalue weighted by Gasteiger charge is 2.55. The number of fused-ring (bicyclic) bond motifs is 1. The lowest BCUT2D eigenvalue weighted by Gasteiger charge is -2.49. The standard InChI is InChI=1S/C54H50ClN5O7S2/c1-52(2,3)66-50(64)53(30-19-31-53)67-59-42(41-34-69-51(56-41)58-54(38-24-13-6-14-25-38,39-26-15-7-16-27-39)40-28-17-8-18-29-40)46(61)57-43-47(62)60-44(37(32-55)33-68-48(43)60)49(63)65-45(35-20-9-4-10-21-35)36-22-11-5-12-23-36/h4-18,20-29,34,43,45,48H,19,30-33H2,1-3H3,(H,56,58)(H,57,61)/b59-42+/t43?,48-/m1/s1. The Balaban J connectivity index is 1.03. The predicted octanol–water partition coefficient (Wildman–Crippen LogP) is 9.76. The zero-order valence-electron chi connectivity index (χ0n) is 38.2. The maximum atomic E-state index is 14.7. The minimum atomic E-state index is -1.42. The van der Waals surface area contributed by atoms with Crippen LogP contribution in [0.2, 0.25) is 0 Å². The van der Waals surface area contributed by atoms with Gasteiger partial charge in [0, 0.05) is 29.9 Å². The molecule has 1 aromatic heterocycles. The summed E-state index contributed by atoms with van der Waals surface area (Å²) >= 11 is 9.06. The number of nitrogens with one attached hydrogen (secondary N) is 2. The number of oxime groups is 1. The first-order valence-electron chi connectivity index (χ1n) is 22.7. The Morgan fingerprint density at radius 3 is 1.81 bits per heavy atom. The van der Waals surface area contributed by atoms with E-state index in [4.69, 9.17) is 30.9 Å². The van der Waals surface area contributed by atoms with Gasteiger partial charge in [-0.15, -0.1) is 34.7 Å². The Hall–Kier alpha value is -6.74. The number of β-lactam (4-membered cyclic amide) rings is 1. The van der Waals surface area contributed by atoms with Crippen LogP contribution < -0.4 is 10.6 Å². The summed E-state index contributed by atoms with van der Waals surface area (Å²) in [4.78, 5) is 69.4. The topological polar surface area (TPSA) is 149 Å². The van der Waals surface area contributed by atoms with Gasteiger partial charge < -0.3 is 24.9 Å². The normalized spacial score (nSPS) is 17.8.